The molecule has 2 aromatic carbocycles. The van der Waals surface area contributed by atoms with Crippen LogP contribution < -0.4 is 9.80 Å². The Morgan fingerprint density at radius 1 is 0.625 bits per heavy atom. The molecule has 0 aliphatic rings. The Labute approximate surface area is 186 Å². The highest BCUT2D eigenvalue weighted by atomic mass is 16.2. The highest BCUT2D eigenvalue weighted by Crippen LogP contribution is 2.22. The molecule has 0 radical (unpaired) electrons. The van der Waals surface area contributed by atoms with Crippen LogP contribution in [0.3, 0.4) is 0 Å². The second-order valence-electron chi connectivity index (χ2n) is 7.58. The van der Waals surface area contributed by atoms with Crippen molar-refractivity contribution in [2.45, 2.75) is 0 Å². The number of aryl methyl sites for hydroxylation is 2. The minimum Gasteiger partial charge on any atom is -0.294 e. The molecule has 2 aromatic heterocycles. The Hall–Kier alpha value is -4.20. The van der Waals surface area contributed by atoms with Gasteiger partial charge in [-0.15, -0.1) is 0 Å². The van der Waals surface area contributed by atoms with Gasteiger partial charge in [0.1, 0.15) is 0 Å². The first-order valence-electron chi connectivity index (χ1n) is 10.1. The fraction of sp³-hybridized carbons (Fsp3) is 0.167. The van der Waals surface area contributed by atoms with Crippen LogP contribution in [0.25, 0.3) is 11.1 Å². The number of carbonyl (C=O) groups excluding carboxylic acids is 2. The lowest BCUT2D eigenvalue weighted by molar-refractivity contribution is 0.0984. The lowest BCUT2D eigenvalue weighted by Crippen LogP contribution is -2.26. The molecule has 0 saturated carbocycles. The van der Waals surface area contributed by atoms with Crippen LogP contribution in [0.2, 0.25) is 0 Å². The molecule has 0 fully saturated rings. The van der Waals surface area contributed by atoms with Crippen molar-refractivity contribution < 1.29 is 9.59 Å². The summed E-state index contributed by atoms with van der Waals surface area (Å²) in [6.45, 7) is 0. The van der Waals surface area contributed by atoms with Crippen molar-refractivity contribution in [2.24, 2.45) is 14.1 Å². The first kappa shape index (κ1) is 21.0. The zero-order chi connectivity index (χ0) is 22.8. The van der Waals surface area contributed by atoms with Crippen molar-refractivity contribution in [1.82, 2.24) is 19.6 Å². The molecule has 4 aromatic rings. The largest absolute Gasteiger partial charge is 0.294 e. The van der Waals surface area contributed by atoms with Gasteiger partial charge in [0.25, 0.3) is 11.8 Å². The minimum atomic E-state index is -0.131. The molecule has 0 N–H and O–H groups in total. The molecule has 0 bridgehead atoms. The van der Waals surface area contributed by atoms with E-state index in [1.807, 2.05) is 38.4 Å². The summed E-state index contributed by atoms with van der Waals surface area (Å²) < 4.78 is 3.31. The number of nitrogens with zero attached hydrogens (tertiary/aromatic N) is 6. The van der Waals surface area contributed by atoms with E-state index in [-0.39, 0.29) is 11.8 Å². The zero-order valence-electron chi connectivity index (χ0n) is 18.4. The highest BCUT2D eigenvalue weighted by molar-refractivity contribution is 6.06. The van der Waals surface area contributed by atoms with E-state index in [1.54, 1.807) is 72.3 Å². The van der Waals surface area contributed by atoms with Gasteiger partial charge in [-0.2, -0.15) is 10.2 Å². The summed E-state index contributed by atoms with van der Waals surface area (Å²) >= 11 is 0. The fourth-order valence-corrected chi connectivity index (χ4v) is 3.37. The standard InChI is InChI=1S/C24H24N6O2/c1-27-15-13-21(25-27)29(3)23(31)19-9-5-17(6-10-19)18-7-11-20(12-8-18)24(32)30(4)22-14-16-28(2)26-22/h5-16H,1-4H3. The van der Waals surface area contributed by atoms with Gasteiger partial charge in [-0.3, -0.25) is 28.8 Å². The molecular formula is C24H24N6O2. The van der Waals surface area contributed by atoms with Gasteiger partial charge >= 0.3 is 0 Å². The van der Waals surface area contributed by atoms with Crippen LogP contribution in [0.4, 0.5) is 11.6 Å². The normalized spacial score (nSPS) is 10.8. The summed E-state index contributed by atoms with van der Waals surface area (Å²) in [6, 6.07) is 18.4. The lowest BCUT2D eigenvalue weighted by atomic mass is 10.0. The first-order chi connectivity index (χ1) is 15.3. The van der Waals surface area contributed by atoms with Gasteiger partial charge in [0.15, 0.2) is 11.6 Å². The van der Waals surface area contributed by atoms with Gasteiger partial charge in [0.05, 0.1) is 0 Å². The van der Waals surface area contributed by atoms with E-state index in [0.29, 0.717) is 22.8 Å². The van der Waals surface area contributed by atoms with Crippen molar-refractivity contribution in [3.05, 3.63) is 84.2 Å². The van der Waals surface area contributed by atoms with Crippen LogP contribution in [-0.4, -0.2) is 45.5 Å². The predicted octanol–water partition coefficient (Wildman–Crippen LogP) is 3.37. The van der Waals surface area contributed by atoms with Gasteiger partial charge < -0.3 is 0 Å². The van der Waals surface area contributed by atoms with Crippen LogP contribution in [-0.2, 0) is 14.1 Å². The molecule has 2 amide bonds. The van der Waals surface area contributed by atoms with Crippen molar-refractivity contribution >= 4 is 23.5 Å². The SMILES string of the molecule is CN(C(=O)c1ccc(-c2ccc(C(=O)N(C)c3ccn(C)n3)cc2)cc1)c1ccn(C)n1. The fourth-order valence-electron chi connectivity index (χ4n) is 3.37. The third-order valence-electron chi connectivity index (χ3n) is 5.29. The maximum atomic E-state index is 12.7. The molecule has 0 atom stereocenters. The monoisotopic (exact) mass is 428 g/mol. The third kappa shape index (κ3) is 4.15. The van der Waals surface area contributed by atoms with Crippen molar-refractivity contribution in [2.75, 3.05) is 23.9 Å². The van der Waals surface area contributed by atoms with E-state index in [9.17, 15) is 9.59 Å². The quantitative estimate of drug-likeness (QED) is 0.488. The summed E-state index contributed by atoms with van der Waals surface area (Å²) in [5, 5.41) is 8.53. The molecular weight excluding hydrogens is 404 g/mol. The summed E-state index contributed by atoms with van der Waals surface area (Å²) in [5.41, 5.74) is 3.06. The van der Waals surface area contributed by atoms with E-state index in [1.165, 1.54) is 9.80 Å². The van der Waals surface area contributed by atoms with Crippen LogP contribution in [0.15, 0.2) is 73.1 Å². The van der Waals surface area contributed by atoms with Gasteiger partial charge in [0, 0.05) is 63.8 Å². The zero-order valence-corrected chi connectivity index (χ0v) is 18.4. The number of anilines is 2. The second-order valence-corrected chi connectivity index (χ2v) is 7.58. The van der Waals surface area contributed by atoms with Crippen molar-refractivity contribution in [1.29, 1.82) is 0 Å². The molecule has 162 valence electrons. The molecule has 0 saturated heterocycles. The number of benzene rings is 2. The molecule has 4 rings (SSSR count). The smallest absolute Gasteiger partial charge is 0.259 e. The van der Waals surface area contributed by atoms with Gasteiger partial charge in [-0.05, 0) is 35.4 Å². The number of carbonyl (C=O) groups is 2. The Bertz CT molecular complexity index is 1150. The Morgan fingerprint density at radius 3 is 1.25 bits per heavy atom. The molecule has 0 aliphatic carbocycles. The lowest BCUT2D eigenvalue weighted by Gasteiger charge is -2.15. The summed E-state index contributed by atoms with van der Waals surface area (Å²) in [4.78, 5) is 28.5. The van der Waals surface area contributed by atoms with E-state index < -0.39 is 0 Å². The van der Waals surface area contributed by atoms with Crippen molar-refractivity contribution in [3.8, 4) is 11.1 Å². The molecule has 8 heteroatoms. The second kappa shape index (κ2) is 8.50. The van der Waals surface area contributed by atoms with E-state index in [0.717, 1.165) is 11.1 Å². The van der Waals surface area contributed by atoms with E-state index >= 15 is 0 Å². The minimum absolute atomic E-state index is 0.131. The highest BCUT2D eigenvalue weighted by Gasteiger charge is 2.17. The number of hydrogen-bond donors (Lipinski definition) is 0. The average Bonchev–Trinajstić information content (AvgIpc) is 3.45. The summed E-state index contributed by atoms with van der Waals surface area (Å²) in [7, 11) is 7.03. The number of aromatic nitrogens is 4. The average molecular weight is 428 g/mol. The predicted molar refractivity (Wildman–Crippen MR) is 124 cm³/mol. The molecule has 32 heavy (non-hydrogen) atoms. The number of hydrogen-bond acceptors (Lipinski definition) is 4. The molecule has 0 spiro atoms. The topological polar surface area (TPSA) is 76.3 Å². The van der Waals surface area contributed by atoms with Gasteiger partial charge in [0.2, 0.25) is 0 Å². The molecule has 8 nitrogen and oxygen atoms in total. The van der Waals surface area contributed by atoms with Crippen LogP contribution in [0.1, 0.15) is 20.7 Å². The van der Waals surface area contributed by atoms with Crippen LogP contribution in [0, 0.1) is 0 Å². The van der Waals surface area contributed by atoms with E-state index in [4.69, 9.17) is 0 Å². The molecule has 2 heterocycles. The first-order valence-corrected chi connectivity index (χ1v) is 10.1. The Balaban J connectivity index is 1.47. The number of amides is 2. The summed E-state index contributed by atoms with van der Waals surface area (Å²) in [5.74, 6) is 0.928. The summed E-state index contributed by atoms with van der Waals surface area (Å²) in [6.07, 6.45) is 3.59. The van der Waals surface area contributed by atoms with E-state index in [2.05, 4.69) is 10.2 Å². The van der Waals surface area contributed by atoms with Gasteiger partial charge in [-0.25, -0.2) is 0 Å². The molecule has 0 aliphatic heterocycles. The van der Waals surface area contributed by atoms with Crippen molar-refractivity contribution in [3.63, 3.8) is 0 Å². The maximum absolute atomic E-state index is 12.7. The third-order valence-corrected chi connectivity index (χ3v) is 5.29. The van der Waals surface area contributed by atoms with Crippen LogP contribution in [0.5, 0.6) is 0 Å². The molecule has 0 unspecified atom stereocenters. The van der Waals surface area contributed by atoms with Crippen LogP contribution >= 0.6 is 0 Å². The number of rotatable bonds is 5. The maximum Gasteiger partial charge on any atom is 0.259 e. The van der Waals surface area contributed by atoms with Gasteiger partial charge in [-0.1, -0.05) is 24.3 Å². The Kier molecular flexibility index (Phi) is 5.59. The Morgan fingerprint density at radius 2 is 0.969 bits per heavy atom.